The molecule has 4 N–H and O–H groups in total. The van der Waals surface area contributed by atoms with Crippen LogP contribution in [0.25, 0.3) is 0 Å². The molecule has 5 heteroatoms. The van der Waals surface area contributed by atoms with Crippen molar-refractivity contribution in [3.63, 3.8) is 0 Å². The predicted molar refractivity (Wildman–Crippen MR) is 80.0 cm³/mol. The maximum absolute atomic E-state index is 5.49. The number of guanidine groups is 1. The molecule has 1 saturated carbocycles. The molecule has 0 bridgehead atoms. The second kappa shape index (κ2) is 7.11. The van der Waals surface area contributed by atoms with E-state index in [9.17, 15) is 0 Å². The van der Waals surface area contributed by atoms with Crippen LogP contribution >= 0.6 is 0 Å². The summed E-state index contributed by atoms with van der Waals surface area (Å²) in [6.07, 6.45) is 2.67. The first-order chi connectivity index (χ1) is 9.33. The van der Waals surface area contributed by atoms with Gasteiger partial charge in [-0.2, -0.15) is 0 Å². The van der Waals surface area contributed by atoms with Crippen LogP contribution in [0.5, 0.6) is 0 Å². The predicted octanol–water partition coefficient (Wildman–Crippen LogP) is 1.40. The average molecular weight is 261 g/mol. The van der Waals surface area contributed by atoms with Crippen molar-refractivity contribution in [1.29, 1.82) is 0 Å². The van der Waals surface area contributed by atoms with Gasteiger partial charge in [0.15, 0.2) is 0 Å². The van der Waals surface area contributed by atoms with Crippen molar-refractivity contribution in [2.75, 3.05) is 25.0 Å². The monoisotopic (exact) mass is 261 g/mol. The van der Waals surface area contributed by atoms with Crippen LogP contribution in [-0.4, -0.2) is 36.5 Å². The number of benzene rings is 1. The summed E-state index contributed by atoms with van der Waals surface area (Å²) in [5.41, 5.74) is 3.59. The number of likely N-dealkylation sites (N-methyl/N-ethyl adjacent to an activating group) is 1. The molecule has 1 aromatic carbocycles. The summed E-state index contributed by atoms with van der Waals surface area (Å²) in [7, 11) is 0. The van der Waals surface area contributed by atoms with Crippen LogP contribution in [-0.2, 0) is 0 Å². The summed E-state index contributed by atoms with van der Waals surface area (Å²) in [6, 6.07) is 10.7. The van der Waals surface area contributed by atoms with Gasteiger partial charge in [0.05, 0.1) is 6.54 Å². The van der Waals surface area contributed by atoms with Crippen molar-refractivity contribution in [3.05, 3.63) is 30.3 Å². The van der Waals surface area contributed by atoms with Crippen LogP contribution in [0.1, 0.15) is 19.8 Å². The molecule has 5 nitrogen and oxygen atoms in total. The minimum Gasteiger partial charge on any atom is -0.325 e. The largest absolute Gasteiger partial charge is 0.325 e. The maximum atomic E-state index is 5.49. The van der Waals surface area contributed by atoms with Crippen molar-refractivity contribution in [2.24, 2.45) is 10.8 Å². The Hall–Kier alpha value is -1.59. The third-order valence-corrected chi connectivity index (χ3v) is 3.30. The van der Waals surface area contributed by atoms with Gasteiger partial charge in [0, 0.05) is 18.3 Å². The highest BCUT2D eigenvalue weighted by atomic mass is 15.3. The molecule has 0 aliphatic heterocycles. The van der Waals surface area contributed by atoms with Crippen molar-refractivity contribution >= 4 is 11.6 Å². The lowest BCUT2D eigenvalue weighted by Crippen LogP contribution is -2.37. The van der Waals surface area contributed by atoms with E-state index in [1.54, 1.807) is 0 Å². The van der Waals surface area contributed by atoms with Gasteiger partial charge < -0.3 is 5.32 Å². The van der Waals surface area contributed by atoms with Gasteiger partial charge in [0.2, 0.25) is 5.96 Å². The zero-order valence-corrected chi connectivity index (χ0v) is 11.5. The number of aliphatic imine (C=N–C) groups is 1. The van der Waals surface area contributed by atoms with E-state index in [1.165, 1.54) is 12.8 Å². The second-order valence-corrected chi connectivity index (χ2v) is 4.73. The van der Waals surface area contributed by atoms with E-state index in [1.807, 2.05) is 30.3 Å². The zero-order valence-electron chi connectivity index (χ0n) is 11.5. The number of hydrazine groups is 1. The quantitative estimate of drug-likeness (QED) is 0.313. The molecule has 2 rings (SSSR count). The topological polar surface area (TPSA) is 65.7 Å². The average Bonchev–Trinajstić information content (AvgIpc) is 3.28. The van der Waals surface area contributed by atoms with Gasteiger partial charge in [-0.1, -0.05) is 25.1 Å². The van der Waals surface area contributed by atoms with Gasteiger partial charge in [-0.05, 0) is 31.5 Å². The molecule has 104 valence electrons. The number of rotatable bonds is 6. The number of nitrogens with zero attached hydrogens (tertiary/aromatic N) is 2. The fraction of sp³-hybridized carbons (Fsp3) is 0.500. The molecule has 1 fully saturated rings. The van der Waals surface area contributed by atoms with E-state index >= 15 is 0 Å². The molecule has 1 aliphatic carbocycles. The summed E-state index contributed by atoms with van der Waals surface area (Å²) >= 11 is 0. The van der Waals surface area contributed by atoms with Gasteiger partial charge in [-0.3, -0.25) is 15.3 Å². The Morgan fingerprint density at radius 3 is 2.68 bits per heavy atom. The minimum absolute atomic E-state index is 0.609. The molecule has 0 aromatic heterocycles. The van der Waals surface area contributed by atoms with Crippen molar-refractivity contribution < 1.29 is 0 Å². The van der Waals surface area contributed by atoms with E-state index in [4.69, 9.17) is 5.84 Å². The molecular weight excluding hydrogens is 238 g/mol. The van der Waals surface area contributed by atoms with E-state index in [0.717, 1.165) is 31.4 Å². The summed E-state index contributed by atoms with van der Waals surface area (Å²) in [4.78, 5) is 6.94. The Balaban J connectivity index is 1.81. The lowest BCUT2D eigenvalue weighted by molar-refractivity contribution is 0.286. The molecule has 0 unspecified atom stereocenters. The van der Waals surface area contributed by atoms with Gasteiger partial charge in [0.1, 0.15) is 0 Å². The highest BCUT2D eigenvalue weighted by Gasteiger charge is 2.27. The summed E-state index contributed by atoms with van der Waals surface area (Å²) in [5.74, 6) is 6.09. The third kappa shape index (κ3) is 4.54. The number of nitrogens with one attached hydrogen (secondary N) is 2. The third-order valence-electron chi connectivity index (χ3n) is 3.30. The number of anilines is 1. The fourth-order valence-corrected chi connectivity index (χ4v) is 2.11. The molecule has 0 heterocycles. The molecule has 0 amide bonds. The minimum atomic E-state index is 0.609. The lowest BCUT2D eigenvalue weighted by Gasteiger charge is -2.18. The number of hydrogen-bond acceptors (Lipinski definition) is 3. The number of nitrogens with two attached hydrogens (primary N) is 1. The lowest BCUT2D eigenvalue weighted by atomic mass is 10.3. The standard InChI is InChI=1S/C14H23N5/c1-2-19(13-8-9-13)11-10-16-14(18-15)17-12-6-4-3-5-7-12/h3-7,13H,2,8-11,15H2,1H3,(H2,16,17,18). The van der Waals surface area contributed by atoms with Gasteiger partial charge in [0.25, 0.3) is 0 Å². The molecule has 19 heavy (non-hydrogen) atoms. The summed E-state index contributed by atoms with van der Waals surface area (Å²) < 4.78 is 0. The van der Waals surface area contributed by atoms with Gasteiger partial charge in [-0.15, -0.1) is 0 Å². The van der Waals surface area contributed by atoms with Crippen LogP contribution in [0.3, 0.4) is 0 Å². The van der Waals surface area contributed by atoms with E-state index in [0.29, 0.717) is 5.96 Å². The number of para-hydroxylation sites is 1. The van der Waals surface area contributed by atoms with E-state index in [-0.39, 0.29) is 0 Å². The van der Waals surface area contributed by atoms with E-state index in [2.05, 4.69) is 27.6 Å². The molecule has 0 radical (unpaired) electrons. The van der Waals surface area contributed by atoms with Gasteiger partial charge >= 0.3 is 0 Å². The zero-order chi connectivity index (χ0) is 13.5. The Morgan fingerprint density at radius 2 is 2.11 bits per heavy atom. The first-order valence-electron chi connectivity index (χ1n) is 6.90. The summed E-state index contributed by atoms with van der Waals surface area (Å²) in [5, 5.41) is 3.16. The molecule has 0 atom stereocenters. The molecule has 0 saturated heterocycles. The smallest absolute Gasteiger partial charge is 0.210 e. The van der Waals surface area contributed by atoms with Crippen LogP contribution in [0.15, 0.2) is 35.3 Å². The van der Waals surface area contributed by atoms with Crippen LogP contribution in [0.4, 0.5) is 5.69 Å². The fourth-order valence-electron chi connectivity index (χ4n) is 2.11. The Morgan fingerprint density at radius 1 is 1.37 bits per heavy atom. The highest BCUT2D eigenvalue weighted by Crippen LogP contribution is 2.25. The summed E-state index contributed by atoms with van der Waals surface area (Å²) in [6.45, 7) is 5.04. The Kier molecular flexibility index (Phi) is 5.18. The SMILES string of the molecule is CCN(CCN=C(NN)Nc1ccccc1)C1CC1. The van der Waals surface area contributed by atoms with Gasteiger partial charge in [-0.25, -0.2) is 5.84 Å². The van der Waals surface area contributed by atoms with Crippen LogP contribution < -0.4 is 16.6 Å². The first-order valence-corrected chi connectivity index (χ1v) is 6.90. The first kappa shape index (κ1) is 13.8. The molecular formula is C14H23N5. The highest BCUT2D eigenvalue weighted by molar-refractivity contribution is 5.93. The van der Waals surface area contributed by atoms with E-state index < -0.39 is 0 Å². The molecule has 1 aliphatic rings. The van der Waals surface area contributed by atoms with Crippen molar-refractivity contribution in [3.8, 4) is 0 Å². The van der Waals surface area contributed by atoms with Crippen molar-refractivity contribution in [1.82, 2.24) is 10.3 Å². The second-order valence-electron chi connectivity index (χ2n) is 4.73. The van der Waals surface area contributed by atoms with Crippen LogP contribution in [0, 0.1) is 0 Å². The Bertz CT molecular complexity index is 400. The molecule has 1 aromatic rings. The normalized spacial score (nSPS) is 15.6. The Labute approximate surface area is 114 Å². The van der Waals surface area contributed by atoms with Crippen LogP contribution in [0.2, 0.25) is 0 Å². The molecule has 0 spiro atoms. The maximum Gasteiger partial charge on any atom is 0.210 e. The van der Waals surface area contributed by atoms with Crippen molar-refractivity contribution in [2.45, 2.75) is 25.8 Å². The number of hydrogen-bond donors (Lipinski definition) is 3.